The molecule has 3 heterocycles. The largest absolute Gasteiger partial charge is 0.353 e. The Kier molecular flexibility index (Phi) is 4.79. The molecule has 0 atom stereocenters. The first kappa shape index (κ1) is 16.3. The van der Waals surface area contributed by atoms with Crippen LogP contribution < -0.4 is 16.4 Å². The lowest BCUT2D eigenvalue weighted by atomic mass is 10.5. The molecule has 10 heteroatoms. The Balaban J connectivity index is 1.59. The zero-order valence-corrected chi connectivity index (χ0v) is 13.1. The fraction of sp³-hybridized carbons (Fsp3) is 0.200. The second-order valence-corrected chi connectivity index (χ2v) is 5.10. The van der Waals surface area contributed by atoms with Gasteiger partial charge in [-0.1, -0.05) is 0 Å². The molecule has 0 saturated heterocycles. The van der Waals surface area contributed by atoms with Gasteiger partial charge in [-0.15, -0.1) is 5.10 Å². The Labute approximate surface area is 141 Å². The fourth-order valence-corrected chi connectivity index (χ4v) is 2.13. The van der Waals surface area contributed by atoms with Crippen LogP contribution in [0.4, 0.5) is 0 Å². The van der Waals surface area contributed by atoms with Crippen LogP contribution in [-0.2, 0) is 17.9 Å². The van der Waals surface area contributed by atoms with Gasteiger partial charge in [0.15, 0.2) is 5.82 Å². The van der Waals surface area contributed by atoms with Gasteiger partial charge in [0.2, 0.25) is 5.91 Å². The highest BCUT2D eigenvalue weighted by Gasteiger charge is 2.06. The van der Waals surface area contributed by atoms with E-state index in [1.165, 1.54) is 38.6 Å². The van der Waals surface area contributed by atoms with Crippen LogP contribution in [0.5, 0.6) is 0 Å². The molecule has 0 aliphatic rings. The van der Waals surface area contributed by atoms with Gasteiger partial charge in [0.05, 0.1) is 12.9 Å². The molecular weight excluding hydrogens is 326 g/mol. The molecule has 3 rings (SSSR count). The normalized spacial score (nSPS) is 10.6. The van der Waals surface area contributed by atoms with Crippen molar-refractivity contribution in [3.63, 3.8) is 0 Å². The first-order valence-electron chi connectivity index (χ1n) is 7.49. The van der Waals surface area contributed by atoms with Crippen LogP contribution in [0.25, 0.3) is 5.82 Å². The predicted octanol–water partition coefficient (Wildman–Crippen LogP) is -1.20. The van der Waals surface area contributed by atoms with Crippen molar-refractivity contribution >= 4 is 5.91 Å². The standard InChI is InChI=1S/C15H15N7O3/c23-13(10-20-11-16-6-4-14(20)24)17-7-9-22-15(25)3-2-12(19-22)21-8-1-5-18-21/h1-6,8,11H,7,9-10H2,(H,17,23). The van der Waals surface area contributed by atoms with E-state index in [-0.39, 0.29) is 36.7 Å². The van der Waals surface area contributed by atoms with E-state index in [0.29, 0.717) is 5.82 Å². The average Bonchev–Trinajstić information content (AvgIpc) is 3.13. The summed E-state index contributed by atoms with van der Waals surface area (Å²) >= 11 is 0. The minimum absolute atomic E-state index is 0.137. The molecule has 128 valence electrons. The molecule has 1 N–H and O–H groups in total. The maximum Gasteiger partial charge on any atom is 0.266 e. The Morgan fingerprint density at radius 3 is 2.76 bits per heavy atom. The highest BCUT2D eigenvalue weighted by atomic mass is 16.2. The molecule has 0 spiro atoms. The first-order chi connectivity index (χ1) is 12.1. The van der Waals surface area contributed by atoms with Crippen LogP contribution in [-0.4, -0.2) is 41.6 Å². The van der Waals surface area contributed by atoms with Gasteiger partial charge >= 0.3 is 0 Å². The van der Waals surface area contributed by atoms with Crippen LogP contribution >= 0.6 is 0 Å². The Hall–Kier alpha value is -3.56. The Bertz CT molecular complexity index is 975. The molecule has 25 heavy (non-hydrogen) atoms. The molecule has 0 aliphatic carbocycles. The van der Waals surface area contributed by atoms with Crippen LogP contribution in [0, 0.1) is 0 Å². The van der Waals surface area contributed by atoms with Crippen molar-refractivity contribution in [3.05, 3.63) is 69.9 Å². The second-order valence-electron chi connectivity index (χ2n) is 5.10. The van der Waals surface area contributed by atoms with Crippen molar-refractivity contribution in [1.82, 2.24) is 34.4 Å². The summed E-state index contributed by atoms with van der Waals surface area (Å²) in [5, 5.41) is 10.9. The number of carbonyl (C=O) groups is 1. The van der Waals surface area contributed by atoms with E-state index in [2.05, 4.69) is 20.5 Å². The van der Waals surface area contributed by atoms with Gasteiger partial charge < -0.3 is 5.32 Å². The highest BCUT2D eigenvalue weighted by Crippen LogP contribution is 1.97. The lowest BCUT2D eigenvalue weighted by Gasteiger charge is -2.09. The van der Waals surface area contributed by atoms with Gasteiger partial charge in [-0.3, -0.25) is 19.0 Å². The number of hydrogen-bond acceptors (Lipinski definition) is 6. The van der Waals surface area contributed by atoms with Gasteiger partial charge in [0.1, 0.15) is 6.54 Å². The minimum atomic E-state index is -0.355. The summed E-state index contributed by atoms with van der Waals surface area (Å²) in [7, 11) is 0. The molecule has 0 fully saturated rings. The molecule has 0 radical (unpaired) electrons. The molecule has 0 aliphatic heterocycles. The van der Waals surface area contributed by atoms with E-state index in [1.807, 2.05) is 0 Å². The van der Waals surface area contributed by atoms with Crippen LogP contribution in [0.3, 0.4) is 0 Å². The van der Waals surface area contributed by atoms with E-state index < -0.39 is 0 Å². The van der Waals surface area contributed by atoms with Crippen molar-refractivity contribution in [2.24, 2.45) is 0 Å². The van der Waals surface area contributed by atoms with Crippen molar-refractivity contribution in [2.45, 2.75) is 13.1 Å². The number of nitrogens with zero attached hydrogens (tertiary/aromatic N) is 6. The molecule has 0 aromatic carbocycles. The maximum absolute atomic E-state index is 11.9. The molecule has 0 bridgehead atoms. The molecule has 3 aromatic rings. The zero-order chi connectivity index (χ0) is 17.6. The summed E-state index contributed by atoms with van der Waals surface area (Å²) in [6.07, 6.45) is 5.98. The van der Waals surface area contributed by atoms with Gasteiger partial charge in [-0.2, -0.15) is 5.10 Å². The summed E-state index contributed by atoms with van der Waals surface area (Å²) in [4.78, 5) is 39.0. The van der Waals surface area contributed by atoms with Crippen molar-refractivity contribution in [3.8, 4) is 5.82 Å². The van der Waals surface area contributed by atoms with E-state index in [1.54, 1.807) is 24.5 Å². The molecule has 10 nitrogen and oxygen atoms in total. The Morgan fingerprint density at radius 2 is 2.00 bits per heavy atom. The van der Waals surface area contributed by atoms with Crippen molar-refractivity contribution in [2.75, 3.05) is 6.54 Å². The van der Waals surface area contributed by atoms with E-state index in [9.17, 15) is 14.4 Å². The first-order valence-corrected chi connectivity index (χ1v) is 7.49. The smallest absolute Gasteiger partial charge is 0.266 e. The number of carbonyl (C=O) groups excluding carboxylic acids is 1. The number of aromatic nitrogens is 6. The topological polar surface area (TPSA) is 117 Å². The quantitative estimate of drug-likeness (QED) is 0.602. The summed E-state index contributed by atoms with van der Waals surface area (Å²) in [6.45, 7) is 0.257. The highest BCUT2D eigenvalue weighted by molar-refractivity contribution is 5.75. The maximum atomic E-state index is 11.9. The molecule has 0 saturated carbocycles. The number of hydrogen-bond donors (Lipinski definition) is 1. The van der Waals surface area contributed by atoms with Crippen LogP contribution in [0.2, 0.25) is 0 Å². The van der Waals surface area contributed by atoms with E-state index in [4.69, 9.17) is 0 Å². The monoisotopic (exact) mass is 341 g/mol. The van der Waals surface area contributed by atoms with E-state index >= 15 is 0 Å². The third kappa shape index (κ3) is 4.05. The zero-order valence-electron chi connectivity index (χ0n) is 13.1. The third-order valence-electron chi connectivity index (χ3n) is 3.34. The van der Waals surface area contributed by atoms with Gasteiger partial charge in [0, 0.05) is 37.3 Å². The number of amides is 1. The van der Waals surface area contributed by atoms with Crippen molar-refractivity contribution < 1.29 is 4.79 Å². The predicted molar refractivity (Wildman–Crippen MR) is 87.1 cm³/mol. The minimum Gasteiger partial charge on any atom is -0.353 e. The molecule has 1 amide bonds. The Morgan fingerprint density at radius 1 is 1.12 bits per heavy atom. The van der Waals surface area contributed by atoms with E-state index in [0.717, 1.165) is 0 Å². The van der Waals surface area contributed by atoms with Crippen LogP contribution in [0.1, 0.15) is 0 Å². The number of rotatable bonds is 6. The second kappa shape index (κ2) is 7.34. The summed E-state index contributed by atoms with van der Waals surface area (Å²) in [5.41, 5.74) is -0.594. The average molecular weight is 341 g/mol. The molecule has 3 aromatic heterocycles. The lowest BCUT2D eigenvalue weighted by Crippen LogP contribution is -2.35. The van der Waals surface area contributed by atoms with Gasteiger partial charge in [-0.25, -0.2) is 14.3 Å². The summed E-state index contributed by atoms with van der Waals surface area (Å²) in [5.74, 6) is 0.143. The number of nitrogens with one attached hydrogen (secondary N) is 1. The summed E-state index contributed by atoms with van der Waals surface area (Å²) < 4.78 is 3.97. The lowest BCUT2D eigenvalue weighted by molar-refractivity contribution is -0.121. The third-order valence-corrected chi connectivity index (χ3v) is 3.34. The van der Waals surface area contributed by atoms with Gasteiger partial charge in [0.25, 0.3) is 11.1 Å². The van der Waals surface area contributed by atoms with Crippen molar-refractivity contribution in [1.29, 1.82) is 0 Å². The molecular formula is C15H15N7O3. The SMILES string of the molecule is O=C(Cn1cnccc1=O)NCCn1nc(-n2cccn2)ccc1=O. The van der Waals surface area contributed by atoms with Crippen LogP contribution in [0.15, 0.2) is 58.8 Å². The van der Waals surface area contributed by atoms with Gasteiger partial charge in [-0.05, 0) is 12.1 Å². The summed E-state index contributed by atoms with van der Waals surface area (Å²) in [6, 6.07) is 5.98. The molecule has 0 unspecified atom stereocenters. The fourth-order valence-electron chi connectivity index (χ4n) is 2.13.